The summed E-state index contributed by atoms with van der Waals surface area (Å²) in [7, 11) is -3.85. The van der Waals surface area contributed by atoms with Gasteiger partial charge in [0, 0.05) is 24.7 Å². The van der Waals surface area contributed by atoms with Gasteiger partial charge in [0.2, 0.25) is 9.84 Å². The van der Waals surface area contributed by atoms with Gasteiger partial charge in [0.25, 0.3) is 0 Å². The van der Waals surface area contributed by atoms with E-state index in [2.05, 4.69) is 4.90 Å². The van der Waals surface area contributed by atoms with Gasteiger partial charge in [-0.25, -0.2) is 13.2 Å². The summed E-state index contributed by atoms with van der Waals surface area (Å²) in [5.74, 6) is -0.563. The molecule has 4 rings (SSSR count). The van der Waals surface area contributed by atoms with E-state index in [1.54, 1.807) is 37.3 Å². The van der Waals surface area contributed by atoms with Crippen molar-refractivity contribution in [3.63, 3.8) is 0 Å². The lowest BCUT2D eigenvalue weighted by Gasteiger charge is -2.26. The summed E-state index contributed by atoms with van der Waals surface area (Å²) in [4.78, 5) is 14.5. The number of carbonyl (C=O) groups is 1. The number of hydrogen-bond acceptors (Lipinski definition) is 6. The molecule has 0 fully saturated rings. The molecule has 0 saturated heterocycles. The first-order valence-corrected chi connectivity index (χ1v) is 14.9. The number of benzene rings is 4. The Bertz CT molecular complexity index is 1540. The van der Waals surface area contributed by atoms with Crippen LogP contribution in [0.4, 0.5) is 0 Å². The molecule has 0 aliphatic rings. The quantitative estimate of drug-likeness (QED) is 0.204. The second-order valence-corrected chi connectivity index (χ2v) is 11.8. The topological polar surface area (TPSA) is 83.9 Å². The van der Waals surface area contributed by atoms with Crippen molar-refractivity contribution in [2.75, 3.05) is 19.7 Å². The predicted molar refractivity (Wildman–Crippen MR) is 156 cm³/mol. The molecule has 0 saturated carbocycles. The smallest absolute Gasteiger partial charge is 0.338 e. The van der Waals surface area contributed by atoms with Crippen LogP contribution in [0.15, 0.2) is 113 Å². The van der Waals surface area contributed by atoms with Gasteiger partial charge in [-0.2, -0.15) is 0 Å². The highest BCUT2D eigenvalue weighted by atomic mass is 35.5. The molecule has 4 aromatic rings. The molecule has 0 spiro atoms. The Balaban J connectivity index is 1.52. The van der Waals surface area contributed by atoms with E-state index >= 15 is 0 Å². The minimum atomic E-state index is -3.85. The van der Waals surface area contributed by atoms with E-state index in [1.807, 2.05) is 48.5 Å². The number of aliphatic hydroxyl groups is 1. The van der Waals surface area contributed by atoms with Gasteiger partial charge in [-0.1, -0.05) is 72.3 Å². The number of halogens is 1. The van der Waals surface area contributed by atoms with Crippen LogP contribution in [0, 0.1) is 0 Å². The number of hydrogen-bond donors (Lipinski definition) is 1. The lowest BCUT2D eigenvalue weighted by molar-refractivity contribution is 0.0526. The van der Waals surface area contributed by atoms with Crippen molar-refractivity contribution >= 4 is 27.4 Å². The third-order valence-corrected chi connectivity index (χ3v) is 8.48. The van der Waals surface area contributed by atoms with Gasteiger partial charge in [-0.05, 0) is 72.5 Å². The average Bonchev–Trinajstić information content (AvgIpc) is 2.97. The molecule has 1 N–H and O–H groups in total. The maximum absolute atomic E-state index is 13.4. The van der Waals surface area contributed by atoms with E-state index in [0.29, 0.717) is 31.1 Å². The monoisotopic (exact) mass is 577 g/mol. The maximum atomic E-state index is 13.4. The van der Waals surface area contributed by atoms with Crippen molar-refractivity contribution < 1.29 is 23.1 Å². The Morgan fingerprint density at radius 2 is 1.55 bits per heavy atom. The van der Waals surface area contributed by atoms with Crippen LogP contribution in [-0.4, -0.2) is 44.1 Å². The van der Waals surface area contributed by atoms with Gasteiger partial charge < -0.3 is 9.84 Å². The third-order valence-electron chi connectivity index (χ3n) is 6.49. The normalized spacial score (nSPS) is 12.3. The molecule has 1 unspecified atom stereocenters. The van der Waals surface area contributed by atoms with Crippen molar-refractivity contribution in [1.82, 2.24) is 4.90 Å². The summed E-state index contributed by atoms with van der Waals surface area (Å²) >= 11 is 6.13. The van der Waals surface area contributed by atoms with Gasteiger partial charge >= 0.3 is 5.97 Å². The fourth-order valence-electron chi connectivity index (χ4n) is 4.44. The SMILES string of the molecule is CCOC(=O)c1cccc(S(=O)(=O)c2cccc(CCN(Cc3ccccc3)CC(O)c3cccc(Cl)c3)c2)c1. The summed E-state index contributed by atoms with van der Waals surface area (Å²) in [6, 6.07) is 29.9. The Hall–Kier alpha value is -3.49. The van der Waals surface area contributed by atoms with Crippen LogP contribution in [0.2, 0.25) is 5.02 Å². The van der Waals surface area contributed by atoms with E-state index in [-0.39, 0.29) is 22.0 Å². The summed E-state index contributed by atoms with van der Waals surface area (Å²) < 4.78 is 31.9. The number of esters is 1. The van der Waals surface area contributed by atoms with Crippen LogP contribution < -0.4 is 0 Å². The van der Waals surface area contributed by atoms with Crippen molar-refractivity contribution in [2.45, 2.75) is 35.8 Å². The standard InChI is InChI=1S/C32H32ClNO5S/c1-2-39-32(36)27-13-8-16-30(21-27)40(37,38)29-15-6-11-24(19-29)17-18-34(22-25-9-4-3-5-10-25)23-31(35)26-12-7-14-28(33)20-26/h3-16,19-21,31,35H,2,17-18,22-23H2,1H3. The minimum Gasteiger partial charge on any atom is -0.462 e. The Kier molecular flexibility index (Phi) is 10.1. The molecule has 208 valence electrons. The maximum Gasteiger partial charge on any atom is 0.338 e. The second kappa shape index (κ2) is 13.7. The van der Waals surface area contributed by atoms with E-state index < -0.39 is 21.9 Å². The van der Waals surface area contributed by atoms with Crippen LogP contribution in [0.1, 0.15) is 40.1 Å². The zero-order chi connectivity index (χ0) is 28.5. The van der Waals surface area contributed by atoms with Gasteiger partial charge in [-0.3, -0.25) is 4.90 Å². The first-order chi connectivity index (χ1) is 19.3. The first-order valence-electron chi connectivity index (χ1n) is 13.1. The van der Waals surface area contributed by atoms with Gasteiger partial charge in [0.15, 0.2) is 0 Å². The highest BCUT2D eigenvalue weighted by Crippen LogP contribution is 2.24. The van der Waals surface area contributed by atoms with E-state index in [0.717, 1.165) is 16.7 Å². The largest absolute Gasteiger partial charge is 0.462 e. The molecule has 0 heterocycles. The zero-order valence-electron chi connectivity index (χ0n) is 22.2. The van der Waals surface area contributed by atoms with Gasteiger partial charge in [0.1, 0.15) is 0 Å². The molecular weight excluding hydrogens is 546 g/mol. The number of rotatable bonds is 12. The number of aliphatic hydroxyl groups excluding tert-OH is 1. The molecule has 0 bridgehead atoms. The molecule has 6 nitrogen and oxygen atoms in total. The van der Waals surface area contributed by atoms with Crippen molar-refractivity contribution in [3.8, 4) is 0 Å². The van der Waals surface area contributed by atoms with Crippen LogP contribution >= 0.6 is 11.6 Å². The molecule has 0 aliphatic carbocycles. The fourth-order valence-corrected chi connectivity index (χ4v) is 6.01. The van der Waals surface area contributed by atoms with Gasteiger partial charge in [-0.15, -0.1) is 0 Å². The Morgan fingerprint density at radius 3 is 2.27 bits per heavy atom. The lowest BCUT2D eigenvalue weighted by atomic mass is 10.1. The zero-order valence-corrected chi connectivity index (χ0v) is 23.8. The summed E-state index contributed by atoms with van der Waals surface area (Å²) in [6.07, 6.45) is -0.165. The van der Waals surface area contributed by atoms with E-state index in [4.69, 9.17) is 16.3 Å². The van der Waals surface area contributed by atoms with Crippen molar-refractivity contribution in [1.29, 1.82) is 0 Å². The molecule has 0 radical (unpaired) electrons. The second-order valence-electron chi connectivity index (χ2n) is 9.44. The molecule has 8 heteroatoms. The predicted octanol–water partition coefficient (Wildman–Crippen LogP) is 6.13. The molecule has 1 atom stereocenters. The van der Waals surface area contributed by atoms with Crippen LogP contribution in [-0.2, 0) is 27.5 Å². The summed E-state index contributed by atoms with van der Waals surface area (Å²) in [5, 5.41) is 11.5. The summed E-state index contributed by atoms with van der Waals surface area (Å²) in [6.45, 7) is 3.50. The molecular formula is C32H32ClNO5S. The summed E-state index contributed by atoms with van der Waals surface area (Å²) in [5.41, 5.74) is 2.88. The van der Waals surface area contributed by atoms with Gasteiger partial charge in [0.05, 0.1) is 28.1 Å². The van der Waals surface area contributed by atoms with E-state index in [1.165, 1.54) is 24.3 Å². The van der Waals surface area contributed by atoms with Crippen molar-refractivity contribution in [3.05, 3.63) is 130 Å². The van der Waals surface area contributed by atoms with Crippen molar-refractivity contribution in [2.24, 2.45) is 0 Å². The van der Waals surface area contributed by atoms with Crippen LogP contribution in [0.5, 0.6) is 0 Å². The number of ether oxygens (including phenoxy) is 1. The number of carbonyl (C=O) groups excluding carboxylic acids is 1. The lowest BCUT2D eigenvalue weighted by Crippen LogP contribution is -2.30. The number of sulfone groups is 1. The van der Waals surface area contributed by atoms with Crippen LogP contribution in [0.3, 0.4) is 0 Å². The highest BCUT2D eigenvalue weighted by Gasteiger charge is 2.21. The molecule has 4 aromatic carbocycles. The van der Waals surface area contributed by atoms with Crippen LogP contribution in [0.25, 0.3) is 0 Å². The third kappa shape index (κ3) is 7.79. The van der Waals surface area contributed by atoms with E-state index in [9.17, 15) is 18.3 Å². The first kappa shape index (κ1) is 29.5. The average molecular weight is 578 g/mol. The minimum absolute atomic E-state index is 0.0329. The number of nitrogens with zero attached hydrogens (tertiary/aromatic N) is 1. The Labute approximate surface area is 240 Å². The molecule has 0 amide bonds. The Morgan fingerprint density at radius 1 is 0.875 bits per heavy atom. The molecule has 40 heavy (non-hydrogen) atoms. The molecule has 0 aliphatic heterocycles. The highest BCUT2D eigenvalue weighted by molar-refractivity contribution is 7.91. The molecule has 0 aromatic heterocycles. The fraction of sp³-hybridized carbons (Fsp3) is 0.219.